The Kier molecular flexibility index (Phi) is 5.74. The van der Waals surface area contributed by atoms with Crippen LogP contribution in [0.4, 0.5) is 36.3 Å². The third kappa shape index (κ3) is 5.08. The lowest BCUT2D eigenvalue weighted by molar-refractivity contribution is -0.176. The van der Waals surface area contributed by atoms with Crippen molar-refractivity contribution >= 4 is 29.0 Å². The van der Waals surface area contributed by atoms with Crippen LogP contribution in [0.3, 0.4) is 0 Å². The molecule has 192 valence electrons. The highest BCUT2D eigenvalue weighted by Crippen LogP contribution is 2.54. The number of carbonyl (C=O) groups is 1. The molecule has 0 bridgehead atoms. The highest BCUT2D eigenvalue weighted by atomic mass is 19.3. The normalized spacial score (nSPS) is 19.3. The minimum Gasteiger partial charge on any atom is -0.349 e. The van der Waals surface area contributed by atoms with Gasteiger partial charge in [-0.2, -0.15) is 4.98 Å². The quantitative estimate of drug-likeness (QED) is 0.372. The Morgan fingerprint density at radius 1 is 1.00 bits per heavy atom. The van der Waals surface area contributed by atoms with Crippen molar-refractivity contribution in [2.24, 2.45) is 0 Å². The van der Waals surface area contributed by atoms with Gasteiger partial charge >= 0.3 is 0 Å². The van der Waals surface area contributed by atoms with Gasteiger partial charge in [0.1, 0.15) is 11.4 Å². The van der Waals surface area contributed by atoms with E-state index in [4.69, 9.17) is 0 Å². The zero-order chi connectivity index (χ0) is 25.6. The molecule has 0 radical (unpaired) electrons. The molecule has 1 aromatic carbocycles. The number of fused-ring (bicyclic) bond motifs is 1. The summed E-state index contributed by atoms with van der Waals surface area (Å²) < 4.78 is 41.7. The van der Waals surface area contributed by atoms with Crippen LogP contribution in [0.15, 0.2) is 42.7 Å². The van der Waals surface area contributed by atoms with Crippen LogP contribution in [-0.4, -0.2) is 39.4 Å². The molecule has 2 saturated carbocycles. The first kappa shape index (κ1) is 23.7. The Labute approximate surface area is 211 Å². The van der Waals surface area contributed by atoms with Crippen LogP contribution in [0.2, 0.25) is 0 Å². The van der Waals surface area contributed by atoms with Crippen molar-refractivity contribution in [3.05, 3.63) is 65.1 Å². The van der Waals surface area contributed by atoms with Crippen molar-refractivity contribution in [2.45, 2.75) is 56.3 Å². The molecule has 2 aliphatic carbocycles. The summed E-state index contributed by atoms with van der Waals surface area (Å²) in [5, 5.41) is 12.5. The number of amides is 1. The maximum atomic E-state index is 15.0. The van der Waals surface area contributed by atoms with E-state index in [1.165, 1.54) is 29.6 Å². The molecular formula is C26H26F3N7O. The molecule has 4 N–H and O–H groups in total. The molecule has 0 unspecified atom stereocenters. The number of hydrogen-bond donors (Lipinski definition) is 4. The van der Waals surface area contributed by atoms with Gasteiger partial charge in [0.15, 0.2) is 5.67 Å². The van der Waals surface area contributed by atoms with E-state index in [1.54, 1.807) is 6.07 Å². The van der Waals surface area contributed by atoms with Gasteiger partial charge in [0, 0.05) is 36.4 Å². The number of aromatic nitrogens is 3. The van der Waals surface area contributed by atoms with E-state index < -0.39 is 24.4 Å². The van der Waals surface area contributed by atoms with Gasteiger partial charge in [-0.15, -0.1) is 0 Å². The number of hydrogen-bond acceptors (Lipinski definition) is 7. The number of rotatable bonds is 7. The lowest BCUT2D eigenvalue weighted by atomic mass is 9.76. The smallest absolute Gasteiger partial charge is 0.256 e. The summed E-state index contributed by atoms with van der Waals surface area (Å²) in [6, 6.07) is 9.14. The number of alkyl halides is 3. The number of carbonyl (C=O) groups excluding carboxylic acids is 1. The van der Waals surface area contributed by atoms with E-state index in [2.05, 4.69) is 42.3 Å². The minimum atomic E-state index is -3.03. The second-order valence-corrected chi connectivity index (χ2v) is 9.97. The summed E-state index contributed by atoms with van der Waals surface area (Å²) >= 11 is 0. The van der Waals surface area contributed by atoms with Gasteiger partial charge in [0.2, 0.25) is 5.95 Å². The summed E-state index contributed by atoms with van der Waals surface area (Å²) in [5.41, 5.74) is 1.62. The molecule has 3 aromatic rings. The maximum Gasteiger partial charge on any atom is 0.256 e. The topological polar surface area (TPSA) is 104 Å². The highest BCUT2D eigenvalue weighted by Gasteiger charge is 2.59. The van der Waals surface area contributed by atoms with Crippen LogP contribution in [0.25, 0.3) is 0 Å². The van der Waals surface area contributed by atoms with E-state index in [-0.39, 0.29) is 35.0 Å². The SMILES string of the molecule is O=C(NC1CC1)c1cnc(Nc2ccc3c(c2)CNCC3)nc1Nc1ccnc(C2(F)CC(F)(F)C2)c1. The molecule has 2 fully saturated rings. The van der Waals surface area contributed by atoms with Crippen molar-refractivity contribution in [3.63, 3.8) is 0 Å². The van der Waals surface area contributed by atoms with E-state index in [0.29, 0.717) is 5.69 Å². The van der Waals surface area contributed by atoms with E-state index in [9.17, 15) is 18.0 Å². The Morgan fingerprint density at radius 3 is 2.59 bits per heavy atom. The number of nitrogens with zero attached hydrogens (tertiary/aromatic N) is 3. The molecule has 37 heavy (non-hydrogen) atoms. The highest BCUT2D eigenvalue weighted by molar-refractivity contribution is 5.99. The number of halogens is 3. The molecule has 0 spiro atoms. The fourth-order valence-electron chi connectivity index (χ4n) is 4.72. The molecule has 3 heterocycles. The van der Waals surface area contributed by atoms with Crippen LogP contribution in [0.1, 0.15) is 52.9 Å². The second-order valence-electron chi connectivity index (χ2n) is 9.97. The predicted molar refractivity (Wildman–Crippen MR) is 132 cm³/mol. The number of anilines is 4. The van der Waals surface area contributed by atoms with Crippen molar-refractivity contribution < 1.29 is 18.0 Å². The van der Waals surface area contributed by atoms with E-state index in [1.807, 2.05) is 12.1 Å². The molecule has 3 aliphatic rings. The molecule has 0 atom stereocenters. The molecule has 2 aromatic heterocycles. The molecule has 8 nitrogen and oxygen atoms in total. The molecule has 6 rings (SSSR count). The zero-order valence-electron chi connectivity index (χ0n) is 20.0. The summed E-state index contributed by atoms with van der Waals surface area (Å²) in [6.07, 6.45) is 3.78. The van der Waals surface area contributed by atoms with Crippen molar-refractivity contribution in [1.29, 1.82) is 0 Å². The average Bonchev–Trinajstić information content (AvgIpc) is 3.67. The Balaban J connectivity index is 1.28. The Morgan fingerprint density at radius 2 is 1.81 bits per heavy atom. The standard InChI is InChI=1S/C26H26F3N7O/c27-25(13-26(28,29)14-25)21-10-19(6-8-31-21)33-22-20(23(37)34-17-3-4-17)12-32-24(36-22)35-18-2-1-15-5-7-30-11-16(15)9-18/h1-2,6,8-10,12,17,30H,3-5,7,11,13-14H2,(H,34,37)(H2,31,32,33,35,36). The third-order valence-electron chi connectivity index (χ3n) is 6.85. The average molecular weight is 510 g/mol. The van der Waals surface area contributed by atoms with Gasteiger partial charge in [-0.3, -0.25) is 9.78 Å². The summed E-state index contributed by atoms with van der Waals surface area (Å²) in [6.45, 7) is 1.73. The van der Waals surface area contributed by atoms with Crippen molar-refractivity contribution in [3.8, 4) is 0 Å². The molecule has 0 saturated heterocycles. The summed E-state index contributed by atoms with van der Waals surface area (Å²) in [7, 11) is 0. The van der Waals surface area contributed by atoms with Crippen LogP contribution >= 0.6 is 0 Å². The van der Waals surface area contributed by atoms with Crippen molar-refractivity contribution in [1.82, 2.24) is 25.6 Å². The first-order valence-electron chi connectivity index (χ1n) is 12.3. The van der Waals surface area contributed by atoms with Gasteiger partial charge in [0.05, 0.1) is 18.5 Å². The summed E-state index contributed by atoms with van der Waals surface area (Å²) in [5.74, 6) is -2.89. The zero-order valence-corrected chi connectivity index (χ0v) is 20.0. The minimum absolute atomic E-state index is 0.0810. The number of pyridine rings is 1. The van der Waals surface area contributed by atoms with Gasteiger partial charge < -0.3 is 21.3 Å². The number of benzene rings is 1. The number of nitrogens with one attached hydrogen (secondary N) is 4. The van der Waals surface area contributed by atoms with Crippen molar-refractivity contribution in [2.75, 3.05) is 17.2 Å². The molecule has 1 aliphatic heterocycles. The van der Waals surface area contributed by atoms with E-state index in [0.717, 1.165) is 38.0 Å². The van der Waals surface area contributed by atoms with Crippen LogP contribution in [0.5, 0.6) is 0 Å². The van der Waals surface area contributed by atoms with Gasteiger partial charge in [-0.1, -0.05) is 6.07 Å². The lowest BCUT2D eigenvalue weighted by Gasteiger charge is -2.40. The molecular weight excluding hydrogens is 483 g/mol. The largest absolute Gasteiger partial charge is 0.349 e. The van der Waals surface area contributed by atoms with E-state index >= 15 is 0 Å². The van der Waals surface area contributed by atoms with Crippen LogP contribution in [0, 0.1) is 0 Å². The lowest BCUT2D eigenvalue weighted by Crippen LogP contribution is -2.46. The first-order valence-corrected chi connectivity index (χ1v) is 12.3. The van der Waals surface area contributed by atoms with Gasteiger partial charge in [0.25, 0.3) is 11.8 Å². The molecule has 11 heteroatoms. The second kappa shape index (κ2) is 8.98. The predicted octanol–water partition coefficient (Wildman–Crippen LogP) is 4.49. The van der Waals surface area contributed by atoms with Gasteiger partial charge in [-0.05, 0) is 61.2 Å². The monoisotopic (exact) mass is 509 g/mol. The Bertz CT molecular complexity index is 1350. The molecule has 1 amide bonds. The fraction of sp³-hybridized carbons (Fsp3) is 0.385. The Hall–Kier alpha value is -3.73. The maximum absolute atomic E-state index is 15.0. The fourth-order valence-corrected chi connectivity index (χ4v) is 4.72. The summed E-state index contributed by atoms with van der Waals surface area (Å²) in [4.78, 5) is 25.7. The first-order chi connectivity index (χ1) is 17.8. The third-order valence-corrected chi connectivity index (χ3v) is 6.85. The van der Waals surface area contributed by atoms with Crippen LogP contribution in [-0.2, 0) is 18.6 Å². The van der Waals surface area contributed by atoms with Gasteiger partial charge in [-0.25, -0.2) is 18.2 Å². The van der Waals surface area contributed by atoms with Crippen LogP contribution < -0.4 is 21.3 Å².